The van der Waals surface area contributed by atoms with Crippen LogP contribution in [0.25, 0.3) is 0 Å². The smallest absolute Gasteiger partial charge is 0.284 e. The molecule has 0 aliphatic carbocycles. The summed E-state index contributed by atoms with van der Waals surface area (Å²) in [6.45, 7) is 3.84. The van der Waals surface area contributed by atoms with Gasteiger partial charge in [-0.3, -0.25) is 0 Å². The van der Waals surface area contributed by atoms with Gasteiger partial charge in [-0.1, -0.05) is 0 Å². The molecule has 8 heavy (non-hydrogen) atoms. The van der Waals surface area contributed by atoms with E-state index in [4.69, 9.17) is 4.74 Å². The minimum Gasteiger partial charge on any atom is -0.460 e. The molecule has 1 aliphatic rings. The standard InChI is InChI=1S/C5H7NOS/c1-3-4(2)7-5(8)6-3/h4H,1-2H3. The molecule has 44 valence electrons. The third-order valence-corrected chi connectivity index (χ3v) is 1.32. The summed E-state index contributed by atoms with van der Waals surface area (Å²) in [6, 6.07) is 0. The number of ether oxygens (including phenoxy) is 1. The number of rotatable bonds is 0. The van der Waals surface area contributed by atoms with Crippen LogP contribution < -0.4 is 0 Å². The van der Waals surface area contributed by atoms with Crippen LogP contribution >= 0.6 is 12.2 Å². The van der Waals surface area contributed by atoms with Crippen molar-refractivity contribution in [2.75, 3.05) is 0 Å². The zero-order chi connectivity index (χ0) is 6.15. The second kappa shape index (κ2) is 1.82. The molecule has 1 aliphatic heterocycles. The maximum atomic E-state index is 5.00. The van der Waals surface area contributed by atoms with E-state index in [9.17, 15) is 0 Å². The molecule has 2 nitrogen and oxygen atoms in total. The van der Waals surface area contributed by atoms with Gasteiger partial charge in [-0.05, 0) is 26.1 Å². The van der Waals surface area contributed by atoms with E-state index >= 15 is 0 Å². The van der Waals surface area contributed by atoms with Gasteiger partial charge in [0.2, 0.25) is 0 Å². The zero-order valence-electron chi connectivity index (χ0n) is 4.84. The molecular formula is C5H7NOS. The molecule has 0 aromatic heterocycles. The van der Waals surface area contributed by atoms with Crippen LogP contribution in [0.1, 0.15) is 13.8 Å². The summed E-state index contributed by atoms with van der Waals surface area (Å²) in [7, 11) is 0. The van der Waals surface area contributed by atoms with Crippen LogP contribution in [0.4, 0.5) is 0 Å². The number of thiocarbonyl (C=S) groups is 1. The molecule has 0 saturated heterocycles. The van der Waals surface area contributed by atoms with Gasteiger partial charge in [-0.15, -0.1) is 0 Å². The van der Waals surface area contributed by atoms with Gasteiger partial charge in [0.25, 0.3) is 5.17 Å². The van der Waals surface area contributed by atoms with Crippen LogP contribution in [0.2, 0.25) is 0 Å². The summed E-state index contributed by atoms with van der Waals surface area (Å²) in [5.74, 6) is 0. The van der Waals surface area contributed by atoms with E-state index in [1.807, 2.05) is 13.8 Å². The topological polar surface area (TPSA) is 21.6 Å². The monoisotopic (exact) mass is 129 g/mol. The molecule has 0 radical (unpaired) electrons. The van der Waals surface area contributed by atoms with Crippen LogP contribution in [-0.4, -0.2) is 17.0 Å². The molecule has 3 heteroatoms. The summed E-state index contributed by atoms with van der Waals surface area (Å²) in [6.07, 6.45) is 0.0995. The summed E-state index contributed by atoms with van der Waals surface area (Å²) in [4.78, 5) is 3.90. The maximum absolute atomic E-state index is 5.00. The van der Waals surface area contributed by atoms with Crippen LogP contribution in [-0.2, 0) is 4.74 Å². The van der Waals surface area contributed by atoms with E-state index in [0.717, 1.165) is 5.71 Å². The van der Waals surface area contributed by atoms with Crippen molar-refractivity contribution in [3.63, 3.8) is 0 Å². The molecule has 0 bridgehead atoms. The Labute approximate surface area is 53.6 Å². The largest absolute Gasteiger partial charge is 0.460 e. The lowest BCUT2D eigenvalue weighted by molar-refractivity contribution is 0.292. The first-order valence-corrected chi connectivity index (χ1v) is 2.87. The van der Waals surface area contributed by atoms with E-state index in [2.05, 4.69) is 17.2 Å². The van der Waals surface area contributed by atoms with E-state index < -0.39 is 0 Å². The Hall–Kier alpha value is -0.440. The number of aliphatic imine (C=N–C) groups is 1. The Bertz CT molecular complexity index is 153. The van der Waals surface area contributed by atoms with Gasteiger partial charge in [-0.25, -0.2) is 4.99 Å². The molecule has 0 fully saturated rings. The van der Waals surface area contributed by atoms with Crippen molar-refractivity contribution in [1.82, 2.24) is 0 Å². The quantitative estimate of drug-likeness (QED) is 0.458. The normalized spacial score (nSPS) is 27.5. The third-order valence-electron chi connectivity index (χ3n) is 1.13. The Morgan fingerprint density at radius 2 is 2.38 bits per heavy atom. The van der Waals surface area contributed by atoms with E-state index in [1.54, 1.807) is 0 Å². The number of hydrogen-bond acceptors (Lipinski definition) is 2. The van der Waals surface area contributed by atoms with Gasteiger partial charge in [0, 0.05) is 0 Å². The lowest BCUT2D eigenvalue weighted by Crippen LogP contribution is -2.09. The summed E-state index contributed by atoms with van der Waals surface area (Å²) in [5.41, 5.74) is 0.968. The lowest BCUT2D eigenvalue weighted by Gasteiger charge is -1.99. The van der Waals surface area contributed by atoms with Gasteiger partial charge in [0.05, 0.1) is 5.71 Å². The molecule has 0 saturated carbocycles. The van der Waals surface area contributed by atoms with E-state index in [1.165, 1.54) is 0 Å². The predicted octanol–water partition coefficient (Wildman–Crippen LogP) is 1.15. The lowest BCUT2D eigenvalue weighted by atomic mass is 10.3. The molecule has 0 spiro atoms. The molecular weight excluding hydrogens is 122 g/mol. The zero-order valence-corrected chi connectivity index (χ0v) is 5.66. The van der Waals surface area contributed by atoms with Gasteiger partial charge in [-0.2, -0.15) is 0 Å². The van der Waals surface area contributed by atoms with Crippen LogP contribution in [0, 0.1) is 0 Å². The van der Waals surface area contributed by atoms with E-state index in [0.29, 0.717) is 5.17 Å². The molecule has 0 N–H and O–H groups in total. The Balaban J connectivity index is 2.73. The van der Waals surface area contributed by atoms with Gasteiger partial charge >= 0.3 is 0 Å². The van der Waals surface area contributed by atoms with Crippen molar-refractivity contribution in [3.05, 3.63) is 0 Å². The van der Waals surface area contributed by atoms with Crippen molar-refractivity contribution in [2.24, 2.45) is 4.99 Å². The fraction of sp³-hybridized carbons (Fsp3) is 0.600. The van der Waals surface area contributed by atoms with Crippen molar-refractivity contribution >= 4 is 23.1 Å². The second-order valence-electron chi connectivity index (χ2n) is 1.78. The highest BCUT2D eigenvalue weighted by Gasteiger charge is 2.15. The predicted molar refractivity (Wildman–Crippen MR) is 36.3 cm³/mol. The first kappa shape index (κ1) is 5.69. The average Bonchev–Trinajstić information content (AvgIpc) is 1.85. The highest BCUT2D eigenvalue weighted by molar-refractivity contribution is 7.80. The van der Waals surface area contributed by atoms with Crippen molar-refractivity contribution in [3.8, 4) is 0 Å². The average molecular weight is 129 g/mol. The third kappa shape index (κ3) is 0.865. The molecule has 1 rings (SSSR count). The summed E-state index contributed by atoms with van der Waals surface area (Å²) < 4.78 is 5.00. The first-order chi connectivity index (χ1) is 3.70. The molecule has 0 aromatic rings. The van der Waals surface area contributed by atoms with Crippen LogP contribution in [0.3, 0.4) is 0 Å². The van der Waals surface area contributed by atoms with Crippen molar-refractivity contribution in [1.29, 1.82) is 0 Å². The van der Waals surface area contributed by atoms with Gasteiger partial charge in [0.15, 0.2) is 0 Å². The Kier molecular flexibility index (Phi) is 1.29. The molecule has 1 atom stereocenters. The van der Waals surface area contributed by atoms with Crippen molar-refractivity contribution < 1.29 is 4.74 Å². The number of nitrogens with zero attached hydrogens (tertiary/aromatic N) is 1. The summed E-state index contributed by atoms with van der Waals surface area (Å²) in [5, 5.41) is 0.370. The van der Waals surface area contributed by atoms with E-state index in [-0.39, 0.29) is 6.10 Å². The first-order valence-electron chi connectivity index (χ1n) is 2.46. The minimum absolute atomic E-state index is 0.0995. The minimum atomic E-state index is 0.0995. The molecule has 0 amide bonds. The van der Waals surface area contributed by atoms with Gasteiger partial charge < -0.3 is 4.74 Å². The number of hydrogen-bond donors (Lipinski definition) is 0. The highest BCUT2D eigenvalue weighted by Crippen LogP contribution is 2.05. The van der Waals surface area contributed by atoms with Crippen LogP contribution in [0.5, 0.6) is 0 Å². The second-order valence-corrected chi connectivity index (χ2v) is 2.13. The SMILES string of the molecule is CC1=NC(=S)OC1C. The molecule has 1 heterocycles. The molecule has 1 unspecified atom stereocenters. The maximum Gasteiger partial charge on any atom is 0.284 e. The molecule has 0 aromatic carbocycles. The highest BCUT2D eigenvalue weighted by atomic mass is 32.1. The Morgan fingerprint density at radius 3 is 2.50 bits per heavy atom. The Morgan fingerprint density at radius 1 is 1.75 bits per heavy atom. The fourth-order valence-electron chi connectivity index (χ4n) is 0.498. The summed E-state index contributed by atoms with van der Waals surface area (Å²) >= 11 is 4.66. The van der Waals surface area contributed by atoms with Crippen molar-refractivity contribution in [2.45, 2.75) is 20.0 Å². The van der Waals surface area contributed by atoms with Gasteiger partial charge in [0.1, 0.15) is 6.10 Å². The fourth-order valence-corrected chi connectivity index (χ4v) is 0.786. The van der Waals surface area contributed by atoms with Crippen LogP contribution in [0.15, 0.2) is 4.99 Å².